The molecule has 2 nitrogen and oxygen atoms in total. The molecule has 0 aliphatic rings. The molecule has 0 unspecified atom stereocenters. The molecule has 0 aromatic heterocycles. The van der Waals surface area contributed by atoms with Crippen LogP contribution in [-0.2, 0) is 13.1 Å². The van der Waals surface area contributed by atoms with Crippen LogP contribution in [0.5, 0.6) is 0 Å². The Hall–Kier alpha value is -1.64. The summed E-state index contributed by atoms with van der Waals surface area (Å²) in [6.45, 7) is 4.00. The fraction of sp³-hybridized carbons (Fsp3) is 0.294. The van der Waals surface area contributed by atoms with Crippen LogP contribution in [0.1, 0.15) is 24.5 Å². The highest BCUT2D eigenvalue weighted by atomic mass is 15.1. The molecule has 2 aromatic rings. The van der Waals surface area contributed by atoms with Crippen molar-refractivity contribution in [1.82, 2.24) is 10.6 Å². The second-order valence-electron chi connectivity index (χ2n) is 4.69. The van der Waals surface area contributed by atoms with Crippen LogP contribution in [0.15, 0.2) is 60.7 Å². The molecule has 0 spiro atoms. The second kappa shape index (κ2) is 7.72. The highest BCUT2D eigenvalue weighted by Crippen LogP contribution is 2.01. The van der Waals surface area contributed by atoms with E-state index in [1.807, 2.05) is 0 Å². The van der Waals surface area contributed by atoms with E-state index < -0.39 is 0 Å². The van der Waals surface area contributed by atoms with Gasteiger partial charge in [0.1, 0.15) is 0 Å². The first kappa shape index (κ1) is 13.8. The maximum atomic E-state index is 3.54. The molecule has 2 heteroatoms. The summed E-state index contributed by atoms with van der Waals surface area (Å²) in [5.41, 5.74) is 2.64. The van der Waals surface area contributed by atoms with Gasteiger partial charge in [0.2, 0.25) is 0 Å². The maximum Gasteiger partial charge on any atom is 0.0574 e. The zero-order valence-electron chi connectivity index (χ0n) is 11.5. The standard InChI is InChI=1S/C17H22N2/c1-2-17(18-13-15-9-5-3-6-10-15)19-14-16-11-7-4-8-12-16/h3-12,17-19H,2,13-14H2,1H3. The molecule has 0 heterocycles. The van der Waals surface area contributed by atoms with Gasteiger partial charge in [0.05, 0.1) is 6.17 Å². The first-order valence-corrected chi connectivity index (χ1v) is 6.93. The topological polar surface area (TPSA) is 24.1 Å². The Morgan fingerprint density at radius 1 is 0.737 bits per heavy atom. The van der Waals surface area contributed by atoms with Gasteiger partial charge in [-0.25, -0.2) is 0 Å². The van der Waals surface area contributed by atoms with Gasteiger partial charge in [0, 0.05) is 13.1 Å². The van der Waals surface area contributed by atoms with Gasteiger partial charge >= 0.3 is 0 Å². The van der Waals surface area contributed by atoms with Crippen LogP contribution < -0.4 is 10.6 Å². The minimum Gasteiger partial charge on any atom is -0.298 e. The minimum atomic E-state index is 0.348. The smallest absolute Gasteiger partial charge is 0.0574 e. The lowest BCUT2D eigenvalue weighted by Gasteiger charge is -2.19. The zero-order valence-corrected chi connectivity index (χ0v) is 11.5. The van der Waals surface area contributed by atoms with Crippen molar-refractivity contribution in [2.75, 3.05) is 0 Å². The summed E-state index contributed by atoms with van der Waals surface area (Å²) in [5, 5.41) is 7.09. The van der Waals surface area contributed by atoms with Crippen LogP contribution in [-0.4, -0.2) is 6.17 Å². The Bertz CT molecular complexity index is 410. The van der Waals surface area contributed by atoms with Crippen molar-refractivity contribution in [3.05, 3.63) is 71.8 Å². The number of nitrogens with one attached hydrogen (secondary N) is 2. The number of rotatable bonds is 7. The summed E-state index contributed by atoms with van der Waals surface area (Å²) in [6, 6.07) is 21.0. The van der Waals surface area contributed by atoms with Gasteiger partial charge in [-0.1, -0.05) is 67.6 Å². The lowest BCUT2D eigenvalue weighted by molar-refractivity contribution is 0.410. The van der Waals surface area contributed by atoms with Crippen molar-refractivity contribution in [1.29, 1.82) is 0 Å². The number of benzene rings is 2. The lowest BCUT2D eigenvalue weighted by atomic mass is 10.2. The van der Waals surface area contributed by atoms with E-state index in [2.05, 4.69) is 78.2 Å². The Labute approximate surface area is 115 Å². The zero-order chi connectivity index (χ0) is 13.3. The molecule has 0 atom stereocenters. The summed E-state index contributed by atoms with van der Waals surface area (Å²) >= 11 is 0. The van der Waals surface area contributed by atoms with Gasteiger partial charge in [0.15, 0.2) is 0 Å². The highest BCUT2D eigenvalue weighted by Gasteiger charge is 2.04. The van der Waals surface area contributed by atoms with Crippen LogP contribution in [0.2, 0.25) is 0 Å². The van der Waals surface area contributed by atoms with Crippen molar-refractivity contribution < 1.29 is 0 Å². The SMILES string of the molecule is CCC(NCc1ccccc1)NCc1ccccc1. The predicted molar refractivity (Wildman–Crippen MR) is 80.6 cm³/mol. The molecule has 0 radical (unpaired) electrons. The third kappa shape index (κ3) is 4.86. The Morgan fingerprint density at radius 3 is 1.53 bits per heavy atom. The number of hydrogen-bond acceptors (Lipinski definition) is 2. The molecule has 0 aliphatic carbocycles. The molecule has 2 aromatic carbocycles. The molecule has 0 fully saturated rings. The fourth-order valence-electron chi connectivity index (χ4n) is 2.03. The van der Waals surface area contributed by atoms with E-state index in [1.54, 1.807) is 0 Å². The van der Waals surface area contributed by atoms with Crippen LogP contribution in [0.3, 0.4) is 0 Å². The van der Waals surface area contributed by atoms with Crippen LogP contribution in [0.4, 0.5) is 0 Å². The van der Waals surface area contributed by atoms with Crippen molar-refractivity contribution in [2.24, 2.45) is 0 Å². The number of hydrogen-bond donors (Lipinski definition) is 2. The first-order chi connectivity index (χ1) is 9.38. The first-order valence-electron chi connectivity index (χ1n) is 6.93. The van der Waals surface area contributed by atoms with Gasteiger partial charge in [-0.3, -0.25) is 10.6 Å². The lowest BCUT2D eigenvalue weighted by Crippen LogP contribution is -2.40. The Balaban J connectivity index is 1.77. The maximum absolute atomic E-state index is 3.54. The van der Waals surface area contributed by atoms with Gasteiger partial charge in [-0.15, -0.1) is 0 Å². The van der Waals surface area contributed by atoms with E-state index in [4.69, 9.17) is 0 Å². The molecule has 0 bridgehead atoms. The van der Waals surface area contributed by atoms with Crippen molar-refractivity contribution >= 4 is 0 Å². The second-order valence-corrected chi connectivity index (χ2v) is 4.69. The van der Waals surface area contributed by atoms with E-state index in [0.717, 1.165) is 19.5 Å². The van der Waals surface area contributed by atoms with Gasteiger partial charge < -0.3 is 0 Å². The third-order valence-corrected chi connectivity index (χ3v) is 3.20. The van der Waals surface area contributed by atoms with Crippen molar-refractivity contribution in [3.8, 4) is 0 Å². The van der Waals surface area contributed by atoms with Crippen LogP contribution in [0, 0.1) is 0 Å². The molecule has 0 saturated heterocycles. The van der Waals surface area contributed by atoms with Crippen LogP contribution >= 0.6 is 0 Å². The quantitative estimate of drug-likeness (QED) is 0.741. The monoisotopic (exact) mass is 254 g/mol. The minimum absolute atomic E-state index is 0.348. The molecule has 0 amide bonds. The Morgan fingerprint density at radius 2 is 1.16 bits per heavy atom. The average molecular weight is 254 g/mol. The molecule has 19 heavy (non-hydrogen) atoms. The van der Waals surface area contributed by atoms with E-state index in [9.17, 15) is 0 Å². The molecular formula is C17H22N2. The van der Waals surface area contributed by atoms with E-state index >= 15 is 0 Å². The van der Waals surface area contributed by atoms with Gasteiger partial charge in [-0.05, 0) is 17.5 Å². The summed E-state index contributed by atoms with van der Waals surface area (Å²) in [5.74, 6) is 0. The van der Waals surface area contributed by atoms with E-state index in [-0.39, 0.29) is 0 Å². The van der Waals surface area contributed by atoms with Crippen molar-refractivity contribution in [3.63, 3.8) is 0 Å². The molecule has 2 rings (SSSR count). The van der Waals surface area contributed by atoms with Gasteiger partial charge in [0.25, 0.3) is 0 Å². The summed E-state index contributed by atoms with van der Waals surface area (Å²) in [4.78, 5) is 0. The summed E-state index contributed by atoms with van der Waals surface area (Å²) in [7, 11) is 0. The largest absolute Gasteiger partial charge is 0.298 e. The molecule has 0 saturated carbocycles. The molecule has 0 aliphatic heterocycles. The predicted octanol–water partition coefficient (Wildman–Crippen LogP) is 3.30. The van der Waals surface area contributed by atoms with E-state index in [0.29, 0.717) is 6.17 Å². The van der Waals surface area contributed by atoms with Crippen molar-refractivity contribution in [2.45, 2.75) is 32.6 Å². The van der Waals surface area contributed by atoms with E-state index in [1.165, 1.54) is 11.1 Å². The van der Waals surface area contributed by atoms with Crippen LogP contribution in [0.25, 0.3) is 0 Å². The summed E-state index contributed by atoms with van der Waals surface area (Å²) in [6.07, 6.45) is 1.42. The normalized spacial score (nSPS) is 10.8. The fourth-order valence-corrected chi connectivity index (χ4v) is 2.03. The Kier molecular flexibility index (Phi) is 5.60. The molecular weight excluding hydrogens is 232 g/mol. The summed E-state index contributed by atoms with van der Waals surface area (Å²) < 4.78 is 0. The third-order valence-electron chi connectivity index (χ3n) is 3.20. The average Bonchev–Trinajstić information content (AvgIpc) is 2.49. The molecule has 2 N–H and O–H groups in total. The highest BCUT2D eigenvalue weighted by molar-refractivity contribution is 5.15. The van der Waals surface area contributed by atoms with Gasteiger partial charge in [-0.2, -0.15) is 0 Å². The molecule has 100 valence electrons.